The van der Waals surface area contributed by atoms with Crippen molar-refractivity contribution in [2.75, 3.05) is 84.6 Å². The summed E-state index contributed by atoms with van der Waals surface area (Å²) < 4.78 is 45.9. The molecular weight excluding hydrogens is 726 g/mol. The van der Waals surface area contributed by atoms with Crippen molar-refractivity contribution in [1.29, 1.82) is 0 Å². The standard InChI is InChI=1S/C42H47NO13/c1-3-35(44)53-26-22-49-18-20-51-24-28-55-41-31-14-8-10-16-33(31)42(34-17-11-9-15-32(34)41,56-29-25-52-21-19-50-23-27-54-36(45)4-2)38(40(47)48)37(41)39(46)43-30-12-6-5-7-13-30/h3-17,37-38H,1-2,18-29H2,(H,43,46)(H,47,48). The Morgan fingerprint density at radius 2 is 0.893 bits per heavy atom. The molecule has 2 unspecified atom stereocenters. The Kier molecular flexibility index (Phi) is 15.4. The van der Waals surface area contributed by atoms with Gasteiger partial charge in [-0.25, -0.2) is 9.59 Å². The number of fused-ring (bicyclic) bond motifs is 1. The molecular formula is C42H47NO13. The second-order valence-corrected chi connectivity index (χ2v) is 12.6. The lowest BCUT2D eigenvalue weighted by molar-refractivity contribution is -0.200. The van der Waals surface area contributed by atoms with Crippen molar-refractivity contribution in [3.05, 3.63) is 126 Å². The van der Waals surface area contributed by atoms with Gasteiger partial charge in [0.05, 0.1) is 72.0 Å². The van der Waals surface area contributed by atoms with E-state index in [4.69, 9.17) is 37.9 Å². The first-order valence-corrected chi connectivity index (χ1v) is 18.3. The van der Waals surface area contributed by atoms with Crippen LogP contribution < -0.4 is 5.32 Å². The van der Waals surface area contributed by atoms with Gasteiger partial charge in [0.15, 0.2) is 0 Å². The Hall–Kier alpha value is -5.22. The van der Waals surface area contributed by atoms with E-state index >= 15 is 0 Å². The Morgan fingerprint density at radius 1 is 0.536 bits per heavy atom. The summed E-state index contributed by atoms with van der Waals surface area (Å²) in [5, 5.41) is 14.1. The van der Waals surface area contributed by atoms with E-state index in [1.54, 1.807) is 36.4 Å². The van der Waals surface area contributed by atoms with Gasteiger partial charge in [-0.1, -0.05) is 79.9 Å². The number of carboxylic acids is 1. The summed E-state index contributed by atoms with van der Waals surface area (Å²) in [6, 6.07) is 23.4. The lowest BCUT2D eigenvalue weighted by Crippen LogP contribution is -2.67. The predicted molar refractivity (Wildman–Crippen MR) is 202 cm³/mol. The van der Waals surface area contributed by atoms with E-state index in [9.17, 15) is 24.3 Å². The van der Waals surface area contributed by atoms with E-state index in [0.29, 0.717) is 27.9 Å². The summed E-state index contributed by atoms with van der Waals surface area (Å²) in [5.74, 6) is -5.62. The van der Waals surface area contributed by atoms with Crippen LogP contribution in [0.25, 0.3) is 0 Å². The SMILES string of the molecule is C=CC(=O)OCCOCCOCCOC12c3ccccc3C(OCCOCCOCCOC(=O)C=C)(c3ccccc31)C(C(=O)Nc1ccccc1)C2C(=O)O. The molecule has 0 saturated heterocycles. The van der Waals surface area contributed by atoms with Crippen LogP contribution in [0.4, 0.5) is 5.69 Å². The highest BCUT2D eigenvalue weighted by Gasteiger charge is 2.71. The van der Waals surface area contributed by atoms with Crippen LogP contribution in [0.2, 0.25) is 0 Å². The maximum absolute atomic E-state index is 14.7. The van der Waals surface area contributed by atoms with Crippen LogP contribution >= 0.6 is 0 Å². The maximum atomic E-state index is 14.7. The van der Waals surface area contributed by atoms with Gasteiger partial charge in [-0.3, -0.25) is 9.59 Å². The van der Waals surface area contributed by atoms with E-state index in [1.807, 2.05) is 42.5 Å². The minimum atomic E-state index is -1.61. The third-order valence-electron chi connectivity index (χ3n) is 9.39. The largest absolute Gasteiger partial charge is 0.481 e. The molecule has 3 aliphatic rings. The monoisotopic (exact) mass is 773 g/mol. The van der Waals surface area contributed by atoms with Crippen molar-refractivity contribution >= 4 is 29.5 Å². The van der Waals surface area contributed by atoms with Gasteiger partial charge in [0, 0.05) is 17.8 Å². The molecule has 0 spiro atoms. The van der Waals surface area contributed by atoms with Crippen LogP contribution in [0.15, 0.2) is 104 Å². The number of benzene rings is 3. The number of carboxylic acid groups (broad SMARTS) is 1. The number of ether oxygens (including phenoxy) is 8. The number of hydrogen-bond acceptors (Lipinski definition) is 12. The molecule has 1 amide bonds. The van der Waals surface area contributed by atoms with Crippen molar-refractivity contribution < 1.29 is 62.2 Å². The van der Waals surface area contributed by atoms with E-state index in [1.165, 1.54) is 0 Å². The number of rotatable bonds is 25. The summed E-state index contributed by atoms with van der Waals surface area (Å²) in [5.41, 5.74) is -0.319. The highest BCUT2D eigenvalue weighted by Crippen LogP contribution is 2.65. The van der Waals surface area contributed by atoms with Gasteiger partial charge in [-0.15, -0.1) is 0 Å². The first-order valence-electron chi connectivity index (χ1n) is 18.3. The number of hydrogen-bond donors (Lipinski definition) is 2. The molecule has 0 heterocycles. The van der Waals surface area contributed by atoms with E-state index in [2.05, 4.69) is 18.5 Å². The second-order valence-electron chi connectivity index (χ2n) is 12.6. The number of aliphatic carboxylic acids is 1. The number of para-hydroxylation sites is 1. The van der Waals surface area contributed by atoms with Gasteiger partial charge in [0.2, 0.25) is 5.91 Å². The van der Waals surface area contributed by atoms with Gasteiger partial charge in [-0.2, -0.15) is 0 Å². The number of anilines is 1. The van der Waals surface area contributed by atoms with Gasteiger partial charge in [0.1, 0.15) is 30.3 Å². The van der Waals surface area contributed by atoms with Crippen LogP contribution in [-0.2, 0) is 68.3 Å². The highest BCUT2D eigenvalue weighted by atomic mass is 16.6. The van der Waals surface area contributed by atoms with Crippen LogP contribution in [0.3, 0.4) is 0 Å². The summed E-state index contributed by atoms with van der Waals surface area (Å²) in [6.45, 7) is 8.29. The molecule has 14 nitrogen and oxygen atoms in total. The molecule has 0 radical (unpaired) electrons. The smallest absolute Gasteiger partial charge is 0.330 e. The molecule has 0 saturated carbocycles. The predicted octanol–water partition coefficient (Wildman–Crippen LogP) is 4.01. The Morgan fingerprint density at radius 3 is 1.29 bits per heavy atom. The van der Waals surface area contributed by atoms with E-state index < -0.39 is 46.9 Å². The van der Waals surface area contributed by atoms with Crippen molar-refractivity contribution in [2.24, 2.45) is 11.8 Å². The van der Waals surface area contributed by atoms with Crippen LogP contribution in [0, 0.1) is 11.8 Å². The average Bonchev–Trinajstić information content (AvgIpc) is 3.22. The normalized spacial score (nSPS) is 20.3. The molecule has 3 aromatic carbocycles. The zero-order chi connectivity index (χ0) is 39.8. The Balaban J connectivity index is 1.38. The molecule has 14 heteroatoms. The third kappa shape index (κ3) is 9.41. The van der Waals surface area contributed by atoms with Gasteiger partial charge >= 0.3 is 17.9 Å². The Bertz CT molecular complexity index is 1770. The van der Waals surface area contributed by atoms with Crippen molar-refractivity contribution in [2.45, 2.75) is 11.2 Å². The molecule has 0 aromatic heterocycles. The quantitative estimate of drug-likeness (QED) is 0.0719. The minimum Gasteiger partial charge on any atom is -0.481 e. The fraction of sp³-hybridized carbons (Fsp3) is 0.381. The summed E-state index contributed by atoms with van der Waals surface area (Å²) >= 11 is 0. The van der Waals surface area contributed by atoms with E-state index in [-0.39, 0.29) is 79.3 Å². The molecule has 6 rings (SSSR count). The van der Waals surface area contributed by atoms with Crippen molar-refractivity contribution in [3.8, 4) is 0 Å². The number of esters is 2. The molecule has 56 heavy (non-hydrogen) atoms. The molecule has 2 N–H and O–H groups in total. The van der Waals surface area contributed by atoms with Crippen LogP contribution in [0.5, 0.6) is 0 Å². The fourth-order valence-corrected chi connectivity index (χ4v) is 7.26. The van der Waals surface area contributed by atoms with Crippen molar-refractivity contribution in [3.63, 3.8) is 0 Å². The van der Waals surface area contributed by atoms with Crippen LogP contribution in [-0.4, -0.2) is 108 Å². The molecule has 0 aliphatic heterocycles. The van der Waals surface area contributed by atoms with Gasteiger partial charge < -0.3 is 48.3 Å². The minimum absolute atomic E-state index is 0.00152. The van der Waals surface area contributed by atoms with Crippen LogP contribution in [0.1, 0.15) is 22.3 Å². The molecule has 298 valence electrons. The average molecular weight is 774 g/mol. The number of amides is 1. The molecule has 2 atom stereocenters. The van der Waals surface area contributed by atoms with Gasteiger partial charge in [-0.05, 0) is 34.4 Å². The second kappa shape index (κ2) is 20.6. The molecule has 2 bridgehead atoms. The molecule has 3 aliphatic carbocycles. The summed E-state index contributed by atoms with van der Waals surface area (Å²) in [7, 11) is 0. The maximum Gasteiger partial charge on any atom is 0.330 e. The molecule has 0 fully saturated rings. The lowest BCUT2D eigenvalue weighted by atomic mass is 9.49. The first kappa shape index (κ1) is 41.9. The molecule has 3 aromatic rings. The lowest BCUT2D eigenvalue weighted by Gasteiger charge is -2.60. The number of carbonyl (C=O) groups excluding carboxylic acids is 3. The summed E-state index contributed by atoms with van der Waals surface area (Å²) in [6.07, 6.45) is 2.15. The summed E-state index contributed by atoms with van der Waals surface area (Å²) in [4.78, 5) is 50.8. The highest BCUT2D eigenvalue weighted by molar-refractivity contribution is 5.99. The van der Waals surface area contributed by atoms with E-state index in [0.717, 1.165) is 12.2 Å². The third-order valence-corrected chi connectivity index (χ3v) is 9.39. The topological polar surface area (TPSA) is 174 Å². The fourth-order valence-electron chi connectivity index (χ4n) is 7.26. The number of nitrogens with one attached hydrogen (secondary N) is 1. The zero-order valence-electron chi connectivity index (χ0n) is 31.1. The zero-order valence-corrected chi connectivity index (χ0v) is 31.1. The number of carbonyl (C=O) groups is 4. The van der Waals surface area contributed by atoms with Crippen molar-refractivity contribution in [1.82, 2.24) is 0 Å². The first-order chi connectivity index (χ1) is 27.3. The van der Waals surface area contributed by atoms with Gasteiger partial charge in [0.25, 0.3) is 0 Å². The Labute approximate surface area is 325 Å².